The summed E-state index contributed by atoms with van der Waals surface area (Å²) in [5, 5.41) is 2.09. The molecule has 0 aromatic heterocycles. The summed E-state index contributed by atoms with van der Waals surface area (Å²) in [5.41, 5.74) is -0.340. The molecule has 1 heterocycles. The summed E-state index contributed by atoms with van der Waals surface area (Å²) in [7, 11) is 0. The van der Waals surface area contributed by atoms with Gasteiger partial charge in [0.2, 0.25) is 5.76 Å². The lowest BCUT2D eigenvalue weighted by molar-refractivity contribution is -0.148. The lowest BCUT2D eigenvalue weighted by Crippen LogP contribution is -2.24. The maximum atomic E-state index is 13.3. The van der Waals surface area contributed by atoms with Gasteiger partial charge < -0.3 is 19.5 Å². The van der Waals surface area contributed by atoms with Crippen LogP contribution < -0.4 is 5.32 Å². The molecule has 1 aromatic rings. The molecule has 0 atom stereocenters. The number of carbonyl (C=O) groups is 2. The predicted molar refractivity (Wildman–Crippen MR) is 65.9 cm³/mol. The van der Waals surface area contributed by atoms with Crippen molar-refractivity contribution in [1.82, 2.24) is 0 Å². The zero-order chi connectivity index (χ0) is 15.2. The van der Waals surface area contributed by atoms with Gasteiger partial charge in [-0.25, -0.2) is 13.6 Å². The van der Waals surface area contributed by atoms with Crippen molar-refractivity contribution in [2.45, 2.75) is 0 Å². The maximum absolute atomic E-state index is 13.3. The third kappa shape index (κ3) is 4.16. The van der Waals surface area contributed by atoms with Gasteiger partial charge in [0.1, 0.15) is 31.1 Å². The van der Waals surface area contributed by atoms with Crippen LogP contribution in [-0.4, -0.2) is 31.7 Å². The first kappa shape index (κ1) is 14.8. The number of hydrogen-bond donors (Lipinski definition) is 1. The Hall–Kier alpha value is -2.64. The molecule has 2 rings (SSSR count). The SMILES string of the molecule is O=C(COC(=O)C1=COCCO1)Nc1cc(F)ccc1F. The second-order valence-electron chi connectivity index (χ2n) is 3.95. The molecule has 1 amide bonds. The van der Waals surface area contributed by atoms with Crippen molar-refractivity contribution in [3.63, 3.8) is 0 Å². The van der Waals surface area contributed by atoms with Crippen LogP contribution in [0.3, 0.4) is 0 Å². The Morgan fingerprint density at radius 2 is 2.10 bits per heavy atom. The molecule has 0 aliphatic carbocycles. The average Bonchev–Trinajstić information content (AvgIpc) is 2.49. The number of benzene rings is 1. The van der Waals surface area contributed by atoms with E-state index in [9.17, 15) is 18.4 Å². The van der Waals surface area contributed by atoms with Crippen LogP contribution in [0, 0.1) is 11.6 Å². The molecule has 0 fully saturated rings. The molecule has 0 unspecified atom stereocenters. The van der Waals surface area contributed by atoms with Crippen LogP contribution in [0.4, 0.5) is 14.5 Å². The van der Waals surface area contributed by atoms with Gasteiger partial charge in [-0.15, -0.1) is 0 Å². The standard InChI is InChI=1S/C13H11F2NO5/c14-8-1-2-9(15)10(5-8)16-12(17)7-21-13(18)11-6-19-3-4-20-11/h1-2,5-6H,3-4,7H2,(H,16,17). The van der Waals surface area contributed by atoms with Crippen molar-refractivity contribution in [3.05, 3.63) is 41.9 Å². The lowest BCUT2D eigenvalue weighted by atomic mass is 10.3. The molecule has 1 aromatic carbocycles. The van der Waals surface area contributed by atoms with Crippen LogP contribution in [0.1, 0.15) is 0 Å². The van der Waals surface area contributed by atoms with Crippen LogP contribution >= 0.6 is 0 Å². The number of amides is 1. The molecule has 6 nitrogen and oxygen atoms in total. The zero-order valence-corrected chi connectivity index (χ0v) is 10.7. The molecule has 0 bridgehead atoms. The van der Waals surface area contributed by atoms with E-state index in [1.807, 2.05) is 0 Å². The van der Waals surface area contributed by atoms with Crippen molar-refractivity contribution in [1.29, 1.82) is 0 Å². The van der Waals surface area contributed by atoms with E-state index in [2.05, 4.69) is 10.1 Å². The second kappa shape index (κ2) is 6.69. The van der Waals surface area contributed by atoms with Gasteiger partial charge >= 0.3 is 5.97 Å². The molecular weight excluding hydrogens is 288 g/mol. The molecule has 0 spiro atoms. The van der Waals surface area contributed by atoms with E-state index < -0.39 is 30.1 Å². The van der Waals surface area contributed by atoms with Crippen LogP contribution in [0.2, 0.25) is 0 Å². The highest BCUT2D eigenvalue weighted by Crippen LogP contribution is 2.15. The summed E-state index contributed by atoms with van der Waals surface area (Å²) in [5.74, 6) is -3.37. The Morgan fingerprint density at radius 1 is 1.29 bits per heavy atom. The lowest BCUT2D eigenvalue weighted by Gasteiger charge is -2.14. The van der Waals surface area contributed by atoms with Crippen LogP contribution in [-0.2, 0) is 23.8 Å². The minimum Gasteiger partial charge on any atom is -0.493 e. The van der Waals surface area contributed by atoms with E-state index in [0.717, 1.165) is 24.5 Å². The maximum Gasteiger partial charge on any atom is 0.377 e. The first-order valence-electron chi connectivity index (χ1n) is 5.93. The normalized spacial score (nSPS) is 13.5. The number of carbonyl (C=O) groups excluding carboxylic acids is 2. The first-order chi connectivity index (χ1) is 10.1. The van der Waals surface area contributed by atoms with Gasteiger partial charge in [-0.3, -0.25) is 4.79 Å². The van der Waals surface area contributed by atoms with E-state index >= 15 is 0 Å². The Kier molecular flexibility index (Phi) is 4.70. The fraction of sp³-hybridized carbons (Fsp3) is 0.231. The third-order valence-electron chi connectivity index (χ3n) is 2.39. The van der Waals surface area contributed by atoms with Gasteiger partial charge in [-0.05, 0) is 12.1 Å². The molecule has 0 radical (unpaired) electrons. The molecule has 0 saturated carbocycles. The molecule has 112 valence electrons. The first-order valence-corrected chi connectivity index (χ1v) is 5.93. The molecule has 1 aliphatic heterocycles. The Morgan fingerprint density at radius 3 is 2.81 bits per heavy atom. The Bertz CT molecular complexity index is 588. The molecule has 1 N–H and O–H groups in total. The van der Waals surface area contributed by atoms with Gasteiger partial charge in [-0.2, -0.15) is 0 Å². The quantitative estimate of drug-likeness (QED) is 0.849. The molecule has 8 heteroatoms. The largest absolute Gasteiger partial charge is 0.493 e. The van der Waals surface area contributed by atoms with E-state index in [-0.39, 0.29) is 18.1 Å². The number of anilines is 1. The summed E-state index contributed by atoms with van der Waals surface area (Å²) < 4.78 is 40.6. The van der Waals surface area contributed by atoms with Gasteiger partial charge in [0.05, 0.1) is 5.69 Å². The number of halogens is 2. The van der Waals surface area contributed by atoms with Crippen molar-refractivity contribution in [2.24, 2.45) is 0 Å². The minimum atomic E-state index is -0.885. The topological polar surface area (TPSA) is 73.9 Å². The highest BCUT2D eigenvalue weighted by Gasteiger charge is 2.18. The second-order valence-corrected chi connectivity index (χ2v) is 3.95. The summed E-state index contributed by atoms with van der Waals surface area (Å²) in [4.78, 5) is 23.0. The number of esters is 1. The van der Waals surface area contributed by atoms with Crippen molar-refractivity contribution in [3.8, 4) is 0 Å². The van der Waals surface area contributed by atoms with Crippen molar-refractivity contribution in [2.75, 3.05) is 25.1 Å². The summed E-state index contributed by atoms with van der Waals surface area (Å²) in [6.45, 7) is -0.159. The van der Waals surface area contributed by atoms with E-state index in [0.29, 0.717) is 6.61 Å². The molecule has 21 heavy (non-hydrogen) atoms. The van der Waals surface area contributed by atoms with Crippen LogP contribution in [0.15, 0.2) is 30.2 Å². The number of hydrogen-bond acceptors (Lipinski definition) is 5. The Labute approximate surface area is 118 Å². The summed E-state index contributed by atoms with van der Waals surface area (Å²) >= 11 is 0. The molecule has 0 saturated heterocycles. The highest BCUT2D eigenvalue weighted by atomic mass is 19.1. The van der Waals surface area contributed by atoms with Crippen molar-refractivity contribution < 1.29 is 32.6 Å². The predicted octanol–water partition coefficient (Wildman–Crippen LogP) is 1.33. The fourth-order valence-electron chi connectivity index (χ4n) is 1.46. The molecule has 1 aliphatic rings. The van der Waals surface area contributed by atoms with Crippen LogP contribution in [0.25, 0.3) is 0 Å². The smallest absolute Gasteiger partial charge is 0.377 e. The Balaban J connectivity index is 1.86. The number of nitrogens with one attached hydrogen (secondary N) is 1. The highest BCUT2D eigenvalue weighted by molar-refractivity contribution is 5.94. The van der Waals surface area contributed by atoms with E-state index in [4.69, 9.17) is 9.47 Å². The van der Waals surface area contributed by atoms with Gasteiger partial charge in [-0.1, -0.05) is 0 Å². The van der Waals surface area contributed by atoms with Gasteiger partial charge in [0.25, 0.3) is 5.91 Å². The van der Waals surface area contributed by atoms with Crippen molar-refractivity contribution >= 4 is 17.6 Å². The average molecular weight is 299 g/mol. The van der Waals surface area contributed by atoms with E-state index in [1.165, 1.54) is 0 Å². The number of rotatable bonds is 4. The minimum absolute atomic E-state index is 0.161. The monoisotopic (exact) mass is 299 g/mol. The van der Waals surface area contributed by atoms with Crippen LogP contribution in [0.5, 0.6) is 0 Å². The molecular formula is C13H11F2NO5. The van der Waals surface area contributed by atoms with Gasteiger partial charge in [0.15, 0.2) is 6.61 Å². The van der Waals surface area contributed by atoms with Gasteiger partial charge in [0, 0.05) is 6.07 Å². The number of ether oxygens (including phenoxy) is 3. The van der Waals surface area contributed by atoms with E-state index in [1.54, 1.807) is 0 Å². The third-order valence-corrected chi connectivity index (χ3v) is 2.39. The summed E-state index contributed by atoms with van der Waals surface area (Å²) in [6.07, 6.45) is 1.08. The zero-order valence-electron chi connectivity index (χ0n) is 10.7. The summed E-state index contributed by atoms with van der Waals surface area (Å²) in [6, 6.07) is 2.60. The fourth-order valence-corrected chi connectivity index (χ4v) is 1.46.